The van der Waals surface area contributed by atoms with Crippen LogP contribution in [0.4, 0.5) is 4.79 Å². The van der Waals surface area contributed by atoms with Gasteiger partial charge in [-0.3, -0.25) is 9.59 Å². The second-order valence-corrected chi connectivity index (χ2v) is 8.30. The lowest BCUT2D eigenvalue weighted by atomic mass is 9.97. The Bertz CT molecular complexity index is 592. The van der Waals surface area contributed by atoms with Gasteiger partial charge < -0.3 is 24.4 Å². The number of hydrogen-bond acceptors (Lipinski definition) is 7. The molecule has 2 amide bonds. The summed E-state index contributed by atoms with van der Waals surface area (Å²) in [6.07, 6.45) is 1.16. The number of ether oxygens (including phenoxy) is 3. The van der Waals surface area contributed by atoms with Gasteiger partial charge in [-0.15, -0.1) is 0 Å². The van der Waals surface area contributed by atoms with Crippen molar-refractivity contribution in [1.29, 1.82) is 0 Å². The summed E-state index contributed by atoms with van der Waals surface area (Å²) in [6.45, 7) is 9.43. The second-order valence-electron chi connectivity index (χ2n) is 8.30. The van der Waals surface area contributed by atoms with Gasteiger partial charge in [0.1, 0.15) is 11.6 Å². The Morgan fingerprint density at radius 3 is 2.21 bits per heavy atom. The number of esters is 2. The van der Waals surface area contributed by atoms with Crippen LogP contribution in [0, 0.1) is 11.8 Å². The van der Waals surface area contributed by atoms with Gasteiger partial charge in [-0.1, -0.05) is 20.3 Å². The summed E-state index contributed by atoms with van der Waals surface area (Å²) in [6, 6.07) is -0.784. The van der Waals surface area contributed by atoms with E-state index in [2.05, 4.69) is 5.32 Å². The average molecular weight is 414 g/mol. The topological polar surface area (TPSA) is 111 Å². The smallest absolute Gasteiger partial charge is 0.410 e. The minimum atomic E-state index is -0.784. The van der Waals surface area contributed by atoms with Crippen molar-refractivity contribution < 1.29 is 33.4 Å². The first-order valence-corrected chi connectivity index (χ1v) is 10.00. The Morgan fingerprint density at radius 2 is 1.72 bits per heavy atom. The predicted octanol–water partition coefficient (Wildman–Crippen LogP) is 1.88. The van der Waals surface area contributed by atoms with Gasteiger partial charge in [0, 0.05) is 13.1 Å². The van der Waals surface area contributed by atoms with Crippen molar-refractivity contribution in [3.8, 4) is 0 Å². The zero-order valence-electron chi connectivity index (χ0n) is 18.3. The molecule has 1 aliphatic rings. The summed E-state index contributed by atoms with van der Waals surface area (Å²) in [4.78, 5) is 49.8. The largest absolute Gasteiger partial charge is 0.467 e. The molecule has 0 aromatic heterocycles. The summed E-state index contributed by atoms with van der Waals surface area (Å²) in [5.41, 5.74) is -0.572. The van der Waals surface area contributed by atoms with E-state index in [1.54, 1.807) is 25.7 Å². The van der Waals surface area contributed by atoms with E-state index < -0.39 is 42.2 Å². The number of carbonyl (C=O) groups excluding carboxylic acids is 4. The van der Waals surface area contributed by atoms with Crippen molar-refractivity contribution in [2.24, 2.45) is 11.8 Å². The first-order chi connectivity index (χ1) is 13.5. The van der Waals surface area contributed by atoms with E-state index in [0.717, 1.165) is 0 Å². The Hall–Kier alpha value is -2.32. The predicted molar refractivity (Wildman–Crippen MR) is 105 cm³/mol. The van der Waals surface area contributed by atoms with Gasteiger partial charge in [-0.05, 0) is 39.5 Å². The number of nitrogens with one attached hydrogen (secondary N) is 1. The third kappa shape index (κ3) is 8.29. The lowest BCUT2D eigenvalue weighted by Crippen LogP contribution is -2.47. The van der Waals surface area contributed by atoms with E-state index in [1.807, 2.05) is 13.8 Å². The van der Waals surface area contributed by atoms with Crippen LogP contribution in [0.25, 0.3) is 0 Å². The molecule has 9 nitrogen and oxygen atoms in total. The fraction of sp³-hybridized carbons (Fsp3) is 0.800. The Morgan fingerprint density at radius 1 is 1.14 bits per heavy atom. The summed E-state index contributed by atoms with van der Waals surface area (Å²) in [5, 5.41) is 2.56. The standard InChI is InChI=1S/C20H34N2O7/c1-7-13(2)16(18(25)27-6)21-15(23)12-28-17(24)14-8-10-22(11-9-14)19(26)29-20(3,4)5/h13-14,16H,7-12H2,1-6H3,(H,21,23)/t13-,16-/m1/s1. The Balaban J connectivity index is 2.44. The van der Waals surface area contributed by atoms with Gasteiger partial charge in [0.05, 0.1) is 13.0 Å². The minimum Gasteiger partial charge on any atom is -0.467 e. The number of amides is 2. The molecule has 166 valence electrons. The highest BCUT2D eigenvalue weighted by molar-refractivity contribution is 5.86. The maximum Gasteiger partial charge on any atom is 0.410 e. The maximum atomic E-state index is 12.2. The number of rotatable bonds is 7. The highest BCUT2D eigenvalue weighted by atomic mass is 16.6. The summed E-state index contributed by atoms with van der Waals surface area (Å²) < 4.78 is 15.1. The maximum absolute atomic E-state index is 12.2. The van der Waals surface area contributed by atoms with Gasteiger partial charge in [-0.25, -0.2) is 9.59 Å². The number of carbonyl (C=O) groups is 4. The number of likely N-dealkylation sites (tertiary alicyclic amines) is 1. The SMILES string of the molecule is CC[C@@H](C)[C@@H](NC(=O)COC(=O)C1CCN(C(=O)OC(C)(C)C)CC1)C(=O)OC. The summed E-state index contributed by atoms with van der Waals surface area (Å²) in [5.74, 6) is -2.07. The van der Waals surface area contributed by atoms with Crippen molar-refractivity contribution in [3.63, 3.8) is 0 Å². The third-order valence-corrected chi connectivity index (χ3v) is 4.81. The molecule has 9 heteroatoms. The second kappa shape index (κ2) is 11.0. The highest BCUT2D eigenvalue weighted by Crippen LogP contribution is 2.21. The molecule has 1 fully saturated rings. The molecule has 0 saturated carbocycles. The minimum absolute atomic E-state index is 0.112. The molecule has 0 aromatic carbocycles. The lowest BCUT2D eigenvalue weighted by molar-refractivity contribution is -0.155. The molecule has 0 aliphatic carbocycles. The van der Waals surface area contributed by atoms with E-state index in [1.165, 1.54) is 7.11 Å². The molecule has 0 spiro atoms. The van der Waals surface area contributed by atoms with Crippen molar-refractivity contribution in [3.05, 3.63) is 0 Å². The van der Waals surface area contributed by atoms with Crippen LogP contribution in [0.15, 0.2) is 0 Å². The van der Waals surface area contributed by atoms with Crippen LogP contribution in [0.3, 0.4) is 0 Å². The number of hydrogen-bond donors (Lipinski definition) is 1. The van der Waals surface area contributed by atoms with Crippen molar-refractivity contribution >= 4 is 23.9 Å². The quantitative estimate of drug-likeness (QED) is 0.500. The molecule has 1 heterocycles. The lowest BCUT2D eigenvalue weighted by Gasteiger charge is -2.32. The molecule has 1 N–H and O–H groups in total. The van der Waals surface area contributed by atoms with Crippen molar-refractivity contribution in [1.82, 2.24) is 10.2 Å². The molecular formula is C20H34N2O7. The molecule has 1 rings (SSSR count). The van der Waals surface area contributed by atoms with E-state index in [9.17, 15) is 19.2 Å². The van der Waals surface area contributed by atoms with Gasteiger partial charge in [0.25, 0.3) is 5.91 Å². The average Bonchev–Trinajstić information content (AvgIpc) is 2.67. The van der Waals surface area contributed by atoms with Gasteiger partial charge in [0.15, 0.2) is 6.61 Å². The third-order valence-electron chi connectivity index (χ3n) is 4.81. The van der Waals surface area contributed by atoms with Crippen LogP contribution in [-0.4, -0.2) is 67.3 Å². The zero-order chi connectivity index (χ0) is 22.2. The van der Waals surface area contributed by atoms with Crippen molar-refractivity contribution in [2.45, 2.75) is 65.5 Å². The van der Waals surface area contributed by atoms with Gasteiger partial charge in [-0.2, -0.15) is 0 Å². The fourth-order valence-electron chi connectivity index (χ4n) is 2.89. The molecule has 1 aliphatic heterocycles. The summed E-state index contributed by atoms with van der Waals surface area (Å²) in [7, 11) is 1.26. The van der Waals surface area contributed by atoms with Crippen LogP contribution in [0.1, 0.15) is 53.9 Å². The fourth-order valence-corrected chi connectivity index (χ4v) is 2.89. The molecule has 0 radical (unpaired) electrons. The highest BCUT2D eigenvalue weighted by Gasteiger charge is 2.31. The molecule has 2 atom stereocenters. The normalized spacial score (nSPS) is 17.1. The van der Waals surface area contributed by atoms with Crippen LogP contribution in [0.2, 0.25) is 0 Å². The van der Waals surface area contributed by atoms with Gasteiger partial charge in [0.2, 0.25) is 0 Å². The van der Waals surface area contributed by atoms with Crippen LogP contribution in [-0.2, 0) is 28.6 Å². The van der Waals surface area contributed by atoms with E-state index in [-0.39, 0.29) is 11.8 Å². The molecule has 0 unspecified atom stereocenters. The number of piperidine rings is 1. The van der Waals surface area contributed by atoms with Crippen LogP contribution >= 0.6 is 0 Å². The van der Waals surface area contributed by atoms with Crippen LogP contribution < -0.4 is 5.32 Å². The number of methoxy groups -OCH3 is 1. The Labute approximate surface area is 172 Å². The molecule has 0 bridgehead atoms. The van der Waals surface area contributed by atoms with Crippen LogP contribution in [0.5, 0.6) is 0 Å². The molecule has 0 aromatic rings. The van der Waals surface area contributed by atoms with E-state index >= 15 is 0 Å². The van der Waals surface area contributed by atoms with E-state index in [4.69, 9.17) is 14.2 Å². The first-order valence-electron chi connectivity index (χ1n) is 10.00. The molecule has 29 heavy (non-hydrogen) atoms. The van der Waals surface area contributed by atoms with E-state index in [0.29, 0.717) is 32.4 Å². The summed E-state index contributed by atoms with van der Waals surface area (Å²) >= 11 is 0. The van der Waals surface area contributed by atoms with Gasteiger partial charge >= 0.3 is 18.0 Å². The van der Waals surface area contributed by atoms with Crippen molar-refractivity contribution in [2.75, 3.05) is 26.8 Å². The zero-order valence-corrected chi connectivity index (χ0v) is 18.3. The first kappa shape index (κ1) is 24.7. The molecule has 1 saturated heterocycles. The number of nitrogens with zero attached hydrogens (tertiary/aromatic N) is 1. The Kier molecular flexibility index (Phi) is 9.39. The monoisotopic (exact) mass is 414 g/mol. The molecular weight excluding hydrogens is 380 g/mol.